The molecule has 0 atom stereocenters. The molecule has 6 heteroatoms. The molecule has 128 valence electrons. The lowest BCUT2D eigenvalue weighted by Crippen LogP contribution is -1.92. The molecule has 0 aliphatic rings. The van der Waals surface area contributed by atoms with Gasteiger partial charge < -0.3 is 9.52 Å². The van der Waals surface area contributed by atoms with Crippen molar-refractivity contribution < 1.29 is 4.42 Å². The molecule has 0 unspecified atom stereocenters. The van der Waals surface area contributed by atoms with E-state index >= 15 is 0 Å². The maximum absolute atomic E-state index is 11.7. The molecule has 0 spiro atoms. The van der Waals surface area contributed by atoms with Crippen LogP contribution in [0.3, 0.4) is 0 Å². The van der Waals surface area contributed by atoms with E-state index in [0.29, 0.717) is 11.2 Å². The first-order chi connectivity index (χ1) is 13.3. The van der Waals surface area contributed by atoms with E-state index in [0.717, 1.165) is 44.0 Å². The molecule has 4 aromatic heterocycles. The van der Waals surface area contributed by atoms with Crippen LogP contribution in [-0.2, 0) is 0 Å². The first kappa shape index (κ1) is 14.3. The fraction of sp³-hybridized carbons (Fsp3) is 0. The summed E-state index contributed by atoms with van der Waals surface area (Å²) in [5.41, 5.74) is 5.46. The van der Waals surface area contributed by atoms with E-state index in [1.807, 2.05) is 30.5 Å². The van der Waals surface area contributed by atoms with Crippen LogP contribution >= 0.6 is 0 Å². The number of benzene rings is 2. The van der Waals surface area contributed by atoms with Gasteiger partial charge in [-0.05, 0) is 35.9 Å². The van der Waals surface area contributed by atoms with E-state index in [4.69, 9.17) is 9.40 Å². The van der Waals surface area contributed by atoms with Crippen LogP contribution in [-0.4, -0.2) is 20.2 Å². The summed E-state index contributed by atoms with van der Waals surface area (Å²) in [7, 11) is 0. The number of nitrogens with one attached hydrogen (secondary N) is 2. The molecule has 0 saturated carbocycles. The van der Waals surface area contributed by atoms with Crippen LogP contribution in [0.5, 0.6) is 0 Å². The lowest BCUT2D eigenvalue weighted by Gasteiger charge is -2.06. The number of furan rings is 1. The molecular formula is C21H12N4O2. The van der Waals surface area contributed by atoms with Crippen molar-refractivity contribution in [3.8, 4) is 11.1 Å². The number of H-pyrrole nitrogens is 2. The third kappa shape index (κ3) is 1.98. The van der Waals surface area contributed by atoms with Gasteiger partial charge in [-0.2, -0.15) is 0 Å². The Morgan fingerprint density at radius 3 is 2.93 bits per heavy atom. The molecule has 0 aliphatic carbocycles. The molecule has 4 heterocycles. The summed E-state index contributed by atoms with van der Waals surface area (Å²) in [4.78, 5) is 20.8. The smallest absolute Gasteiger partial charge is 0.182 e. The standard InChI is InChI=1S/C21H12N4O2/c26-13-4-5-14-17(9-13)27-20-18(15-10-23-25-21(15)24-19(14)20)12-3-6-16-11(8-12)2-1-7-22-16/h1-10H,(H2,23,24,25). The molecule has 27 heavy (non-hydrogen) atoms. The molecule has 2 aromatic carbocycles. The minimum Gasteiger partial charge on any atom is -0.454 e. The third-order valence-electron chi connectivity index (χ3n) is 4.91. The average molecular weight is 352 g/mol. The number of pyridine rings is 2. The normalized spacial score (nSPS) is 11.9. The number of aromatic amines is 2. The van der Waals surface area contributed by atoms with Crippen LogP contribution in [0, 0.1) is 0 Å². The topological polar surface area (TPSA) is 87.6 Å². The second kappa shape index (κ2) is 5.04. The highest BCUT2D eigenvalue weighted by Crippen LogP contribution is 2.39. The summed E-state index contributed by atoms with van der Waals surface area (Å²) in [5, 5.41) is 8.88. The highest BCUT2D eigenvalue weighted by molar-refractivity contribution is 6.14. The zero-order valence-electron chi connectivity index (χ0n) is 14.0. The summed E-state index contributed by atoms with van der Waals surface area (Å²) in [6, 6.07) is 14.9. The molecule has 0 bridgehead atoms. The third-order valence-corrected chi connectivity index (χ3v) is 4.91. The molecule has 0 aliphatic heterocycles. The van der Waals surface area contributed by atoms with Gasteiger partial charge in [0.05, 0.1) is 5.52 Å². The zero-order valence-corrected chi connectivity index (χ0v) is 14.0. The van der Waals surface area contributed by atoms with Crippen molar-refractivity contribution in [1.29, 1.82) is 0 Å². The maximum Gasteiger partial charge on any atom is 0.182 e. The SMILES string of the molecule is O=c1ccc2c(c1)oc1c(-c3ccc4ncccc4c3)c3c[nH][nH]c3nc12. The molecule has 0 fully saturated rings. The van der Waals surface area contributed by atoms with E-state index in [1.165, 1.54) is 12.1 Å². The molecule has 6 rings (SSSR count). The van der Waals surface area contributed by atoms with Crippen molar-refractivity contribution in [2.24, 2.45) is 0 Å². The monoisotopic (exact) mass is 352 g/mol. The molecule has 2 N–H and O–H groups in total. The van der Waals surface area contributed by atoms with E-state index < -0.39 is 0 Å². The van der Waals surface area contributed by atoms with Gasteiger partial charge >= 0.3 is 0 Å². The molecule has 0 radical (unpaired) electrons. The molecule has 0 amide bonds. The van der Waals surface area contributed by atoms with Gasteiger partial charge in [0, 0.05) is 40.2 Å². The van der Waals surface area contributed by atoms with Crippen molar-refractivity contribution in [2.75, 3.05) is 0 Å². The van der Waals surface area contributed by atoms with Crippen molar-refractivity contribution in [1.82, 2.24) is 20.2 Å². The van der Waals surface area contributed by atoms with Crippen molar-refractivity contribution in [3.05, 3.63) is 71.1 Å². The van der Waals surface area contributed by atoms with Gasteiger partial charge in [0.2, 0.25) is 0 Å². The summed E-state index contributed by atoms with van der Waals surface area (Å²) >= 11 is 0. The number of nitrogens with zero attached hydrogens (tertiary/aromatic N) is 2. The van der Waals surface area contributed by atoms with Crippen LogP contribution in [0.2, 0.25) is 0 Å². The van der Waals surface area contributed by atoms with Gasteiger partial charge in [-0.1, -0.05) is 12.1 Å². The van der Waals surface area contributed by atoms with E-state index in [9.17, 15) is 4.79 Å². The first-order valence-corrected chi connectivity index (χ1v) is 8.55. The summed E-state index contributed by atoms with van der Waals surface area (Å²) < 4.78 is 6.10. The molecule has 0 saturated heterocycles. The Morgan fingerprint density at radius 1 is 1.00 bits per heavy atom. The largest absolute Gasteiger partial charge is 0.454 e. The van der Waals surface area contributed by atoms with Gasteiger partial charge in [0.1, 0.15) is 11.1 Å². The second-order valence-electron chi connectivity index (χ2n) is 6.51. The van der Waals surface area contributed by atoms with Gasteiger partial charge in [-0.15, -0.1) is 0 Å². The first-order valence-electron chi connectivity index (χ1n) is 8.55. The Bertz CT molecular complexity index is 1560. The fourth-order valence-electron chi connectivity index (χ4n) is 3.69. The van der Waals surface area contributed by atoms with Crippen LogP contribution in [0.1, 0.15) is 0 Å². The maximum atomic E-state index is 11.7. The quantitative estimate of drug-likeness (QED) is 0.460. The summed E-state index contributed by atoms with van der Waals surface area (Å²) in [6.07, 6.45) is 3.66. The van der Waals surface area contributed by atoms with Crippen molar-refractivity contribution in [3.63, 3.8) is 0 Å². The van der Waals surface area contributed by atoms with Gasteiger partial charge in [-0.25, -0.2) is 4.98 Å². The van der Waals surface area contributed by atoms with E-state index in [-0.39, 0.29) is 5.43 Å². The van der Waals surface area contributed by atoms with Gasteiger partial charge in [0.25, 0.3) is 0 Å². The number of hydrogen-bond acceptors (Lipinski definition) is 4. The minimum absolute atomic E-state index is 0.0845. The number of hydrogen-bond donors (Lipinski definition) is 2. The minimum atomic E-state index is -0.0845. The number of aromatic nitrogens is 4. The Morgan fingerprint density at radius 2 is 1.96 bits per heavy atom. The van der Waals surface area contributed by atoms with Crippen LogP contribution in [0.15, 0.2) is 70.1 Å². The fourth-order valence-corrected chi connectivity index (χ4v) is 3.69. The summed E-state index contributed by atoms with van der Waals surface area (Å²) in [5.74, 6) is 0. The van der Waals surface area contributed by atoms with Gasteiger partial charge in [0.15, 0.2) is 16.7 Å². The average Bonchev–Trinajstić information content (AvgIpc) is 3.29. The predicted octanol–water partition coefficient (Wildman–Crippen LogP) is 4.37. The highest BCUT2D eigenvalue weighted by Gasteiger charge is 2.19. The molecule has 6 aromatic rings. The van der Waals surface area contributed by atoms with Crippen LogP contribution < -0.4 is 5.43 Å². The van der Waals surface area contributed by atoms with Crippen LogP contribution in [0.25, 0.3) is 55.1 Å². The molecular weight excluding hydrogens is 340 g/mol. The second-order valence-corrected chi connectivity index (χ2v) is 6.51. The Kier molecular flexibility index (Phi) is 2.66. The van der Waals surface area contributed by atoms with E-state index in [1.54, 1.807) is 12.3 Å². The summed E-state index contributed by atoms with van der Waals surface area (Å²) in [6.45, 7) is 0. The van der Waals surface area contributed by atoms with Crippen molar-refractivity contribution >= 4 is 44.0 Å². The van der Waals surface area contributed by atoms with E-state index in [2.05, 4.69) is 21.2 Å². The Balaban J connectivity index is 1.80. The Hall–Kier alpha value is -3.93. The van der Waals surface area contributed by atoms with Crippen molar-refractivity contribution in [2.45, 2.75) is 0 Å². The zero-order chi connectivity index (χ0) is 18.0. The number of fused-ring (bicyclic) bond motifs is 5. The highest BCUT2D eigenvalue weighted by atomic mass is 16.3. The lowest BCUT2D eigenvalue weighted by molar-refractivity contribution is 0.669. The van der Waals surface area contributed by atoms with Crippen LogP contribution in [0.4, 0.5) is 0 Å². The Labute approximate surface area is 151 Å². The molecule has 6 nitrogen and oxygen atoms in total. The number of rotatable bonds is 1. The predicted molar refractivity (Wildman–Crippen MR) is 105 cm³/mol. The van der Waals surface area contributed by atoms with Gasteiger partial charge in [-0.3, -0.25) is 14.9 Å². The lowest BCUT2D eigenvalue weighted by atomic mass is 10.0.